The van der Waals surface area contributed by atoms with Crippen LogP contribution in [0, 0.1) is 0 Å². The Labute approximate surface area is 88.7 Å². The third kappa shape index (κ3) is 2.46. The average Bonchev–Trinajstić information content (AvgIpc) is 2.58. The van der Waals surface area contributed by atoms with Crippen LogP contribution in [0.3, 0.4) is 0 Å². The summed E-state index contributed by atoms with van der Waals surface area (Å²) in [7, 11) is 0. The Balaban J connectivity index is 1.91. The summed E-state index contributed by atoms with van der Waals surface area (Å²) >= 11 is 0. The van der Waals surface area contributed by atoms with E-state index in [9.17, 15) is 4.79 Å². The second kappa shape index (κ2) is 3.88. The molecule has 1 amide bonds. The van der Waals surface area contributed by atoms with Crippen LogP contribution in [0.15, 0.2) is 24.5 Å². The third-order valence-corrected chi connectivity index (χ3v) is 2.54. The fourth-order valence-corrected chi connectivity index (χ4v) is 1.63. The Bertz CT molecular complexity index is 353. The first-order chi connectivity index (χ1) is 7.18. The number of rotatable bonds is 3. The van der Waals surface area contributed by atoms with E-state index in [1.165, 1.54) is 0 Å². The van der Waals surface area contributed by atoms with Crippen molar-refractivity contribution in [3.8, 4) is 5.75 Å². The van der Waals surface area contributed by atoms with E-state index < -0.39 is 0 Å². The maximum absolute atomic E-state index is 11.1. The third-order valence-electron chi connectivity index (χ3n) is 2.54. The van der Waals surface area contributed by atoms with E-state index in [0.29, 0.717) is 13.0 Å². The highest BCUT2D eigenvalue weighted by Gasteiger charge is 2.33. The van der Waals surface area contributed by atoms with Gasteiger partial charge in [0.15, 0.2) is 0 Å². The van der Waals surface area contributed by atoms with Crippen molar-refractivity contribution in [2.24, 2.45) is 0 Å². The summed E-state index contributed by atoms with van der Waals surface area (Å²) in [6, 6.07) is 3.68. The van der Waals surface area contributed by atoms with Gasteiger partial charge in [0.2, 0.25) is 5.91 Å². The first-order valence-electron chi connectivity index (χ1n) is 5.02. The van der Waals surface area contributed by atoms with Crippen molar-refractivity contribution in [2.45, 2.75) is 25.3 Å². The molecule has 0 bridgehead atoms. The Morgan fingerprint density at radius 1 is 1.67 bits per heavy atom. The average molecular weight is 206 g/mol. The van der Waals surface area contributed by atoms with Crippen LogP contribution in [0.5, 0.6) is 5.75 Å². The molecule has 1 aliphatic rings. The van der Waals surface area contributed by atoms with E-state index in [4.69, 9.17) is 4.74 Å². The molecule has 80 valence electrons. The minimum atomic E-state index is -0.229. The maximum atomic E-state index is 11.1. The number of hydrogen-bond donors (Lipinski definition) is 1. The Hall–Kier alpha value is -1.58. The molecule has 0 unspecified atom stereocenters. The number of carbonyl (C=O) groups excluding carboxylic acids is 1. The smallest absolute Gasteiger partial charge is 0.220 e. The van der Waals surface area contributed by atoms with Crippen LogP contribution in [0.4, 0.5) is 0 Å². The molecule has 0 aromatic carbocycles. The van der Waals surface area contributed by atoms with Crippen LogP contribution >= 0.6 is 0 Å². The highest BCUT2D eigenvalue weighted by Crippen LogP contribution is 2.20. The summed E-state index contributed by atoms with van der Waals surface area (Å²) in [5.41, 5.74) is -0.229. The van der Waals surface area contributed by atoms with Gasteiger partial charge in [-0.1, -0.05) is 0 Å². The molecule has 2 heterocycles. The van der Waals surface area contributed by atoms with Crippen LogP contribution < -0.4 is 10.1 Å². The molecule has 1 fully saturated rings. The zero-order chi connectivity index (χ0) is 10.7. The fourth-order valence-electron chi connectivity index (χ4n) is 1.63. The van der Waals surface area contributed by atoms with Crippen molar-refractivity contribution in [3.05, 3.63) is 24.5 Å². The number of nitrogens with one attached hydrogen (secondary N) is 1. The molecule has 0 radical (unpaired) electrons. The molecule has 0 spiro atoms. The lowest BCUT2D eigenvalue weighted by atomic mass is 10.0. The van der Waals surface area contributed by atoms with Gasteiger partial charge < -0.3 is 10.1 Å². The summed E-state index contributed by atoms with van der Waals surface area (Å²) in [5, 5.41) is 2.92. The second-order valence-electron chi connectivity index (χ2n) is 4.09. The molecule has 1 aromatic heterocycles. The van der Waals surface area contributed by atoms with Gasteiger partial charge in [-0.3, -0.25) is 9.78 Å². The van der Waals surface area contributed by atoms with Gasteiger partial charge in [-0.05, 0) is 25.5 Å². The number of hydrogen-bond acceptors (Lipinski definition) is 3. The Morgan fingerprint density at radius 3 is 3.13 bits per heavy atom. The van der Waals surface area contributed by atoms with Gasteiger partial charge in [0, 0.05) is 12.6 Å². The molecule has 1 aromatic rings. The van der Waals surface area contributed by atoms with E-state index in [0.717, 1.165) is 12.2 Å². The highest BCUT2D eigenvalue weighted by atomic mass is 16.5. The maximum Gasteiger partial charge on any atom is 0.220 e. The SMILES string of the molecule is C[C@@]1(COc2cccnc2)CCC(=O)N1. The van der Waals surface area contributed by atoms with Crippen molar-refractivity contribution in [1.29, 1.82) is 0 Å². The number of pyridine rings is 1. The fraction of sp³-hybridized carbons (Fsp3) is 0.455. The number of amides is 1. The Morgan fingerprint density at radius 2 is 2.53 bits per heavy atom. The van der Waals surface area contributed by atoms with Gasteiger partial charge in [-0.25, -0.2) is 0 Å². The Kier molecular flexibility index (Phi) is 2.58. The molecule has 4 heteroatoms. The molecule has 1 atom stereocenters. The first kappa shape index (κ1) is 9.96. The second-order valence-corrected chi connectivity index (χ2v) is 4.09. The first-order valence-corrected chi connectivity index (χ1v) is 5.02. The van der Waals surface area contributed by atoms with Crippen LogP contribution in [0.25, 0.3) is 0 Å². The summed E-state index contributed by atoms with van der Waals surface area (Å²) < 4.78 is 5.56. The molecule has 4 nitrogen and oxygen atoms in total. The predicted octanol–water partition coefficient (Wildman–Crippen LogP) is 1.13. The molecule has 1 N–H and O–H groups in total. The topological polar surface area (TPSA) is 51.2 Å². The molecule has 0 aliphatic carbocycles. The summed E-state index contributed by atoms with van der Waals surface area (Å²) in [5.74, 6) is 0.840. The van der Waals surface area contributed by atoms with Crippen LogP contribution in [-0.4, -0.2) is 23.0 Å². The van der Waals surface area contributed by atoms with Gasteiger partial charge in [0.1, 0.15) is 12.4 Å². The monoisotopic (exact) mass is 206 g/mol. The summed E-state index contributed by atoms with van der Waals surface area (Å²) in [6.07, 6.45) is 4.78. The van der Waals surface area contributed by atoms with E-state index in [1.54, 1.807) is 12.4 Å². The number of carbonyl (C=O) groups is 1. The lowest BCUT2D eigenvalue weighted by molar-refractivity contribution is -0.119. The van der Waals surface area contributed by atoms with Crippen molar-refractivity contribution in [2.75, 3.05) is 6.61 Å². The minimum absolute atomic E-state index is 0.104. The standard InChI is InChI=1S/C11H14N2O2/c1-11(5-4-10(14)13-11)8-15-9-3-2-6-12-7-9/h2-3,6-7H,4-5,8H2,1H3,(H,13,14)/t11-/m0/s1. The van der Waals surface area contributed by atoms with Crippen LogP contribution in [-0.2, 0) is 4.79 Å². The molecular weight excluding hydrogens is 192 g/mol. The van der Waals surface area contributed by atoms with Gasteiger partial charge >= 0.3 is 0 Å². The predicted molar refractivity (Wildman–Crippen MR) is 55.5 cm³/mol. The van der Waals surface area contributed by atoms with Crippen molar-refractivity contribution in [1.82, 2.24) is 10.3 Å². The van der Waals surface area contributed by atoms with Gasteiger partial charge in [0.05, 0.1) is 11.7 Å². The van der Waals surface area contributed by atoms with E-state index in [1.807, 2.05) is 19.1 Å². The summed E-state index contributed by atoms with van der Waals surface area (Å²) in [6.45, 7) is 2.48. The minimum Gasteiger partial charge on any atom is -0.490 e. The van der Waals surface area contributed by atoms with E-state index in [2.05, 4.69) is 10.3 Å². The molecule has 15 heavy (non-hydrogen) atoms. The van der Waals surface area contributed by atoms with Crippen molar-refractivity contribution < 1.29 is 9.53 Å². The number of nitrogens with zero attached hydrogens (tertiary/aromatic N) is 1. The number of aromatic nitrogens is 1. The summed E-state index contributed by atoms with van der Waals surface area (Å²) in [4.78, 5) is 15.0. The van der Waals surface area contributed by atoms with Crippen molar-refractivity contribution in [3.63, 3.8) is 0 Å². The zero-order valence-corrected chi connectivity index (χ0v) is 8.69. The lowest BCUT2D eigenvalue weighted by Gasteiger charge is -2.23. The molecule has 0 saturated carbocycles. The van der Waals surface area contributed by atoms with Gasteiger partial charge in [-0.15, -0.1) is 0 Å². The van der Waals surface area contributed by atoms with Crippen LogP contribution in [0.2, 0.25) is 0 Å². The normalized spacial score (nSPS) is 25.0. The zero-order valence-electron chi connectivity index (χ0n) is 8.69. The quantitative estimate of drug-likeness (QED) is 0.806. The van der Waals surface area contributed by atoms with E-state index >= 15 is 0 Å². The lowest BCUT2D eigenvalue weighted by Crippen LogP contribution is -2.43. The van der Waals surface area contributed by atoms with Gasteiger partial charge in [0.25, 0.3) is 0 Å². The molecule has 2 rings (SSSR count). The van der Waals surface area contributed by atoms with Crippen LogP contribution in [0.1, 0.15) is 19.8 Å². The number of ether oxygens (including phenoxy) is 1. The van der Waals surface area contributed by atoms with Gasteiger partial charge in [-0.2, -0.15) is 0 Å². The molecule has 1 aliphatic heterocycles. The molecular formula is C11H14N2O2. The van der Waals surface area contributed by atoms with Crippen molar-refractivity contribution >= 4 is 5.91 Å². The molecule has 1 saturated heterocycles. The largest absolute Gasteiger partial charge is 0.490 e. The highest BCUT2D eigenvalue weighted by molar-refractivity contribution is 5.79. The van der Waals surface area contributed by atoms with E-state index in [-0.39, 0.29) is 11.4 Å².